The van der Waals surface area contributed by atoms with E-state index in [4.69, 9.17) is 11.5 Å². The van der Waals surface area contributed by atoms with E-state index in [1.165, 1.54) is 38.5 Å². The monoisotopic (exact) mass is 222 g/mol. The summed E-state index contributed by atoms with van der Waals surface area (Å²) in [6.45, 7) is 2.25. The van der Waals surface area contributed by atoms with Crippen molar-refractivity contribution in [2.24, 2.45) is 11.5 Å². The van der Waals surface area contributed by atoms with Crippen LogP contribution >= 0.6 is 0 Å². The molecule has 2 heteroatoms. The van der Waals surface area contributed by atoms with Gasteiger partial charge in [0.25, 0.3) is 0 Å². The third-order valence-electron chi connectivity index (χ3n) is 3.27. The van der Waals surface area contributed by atoms with Crippen molar-refractivity contribution in [2.45, 2.75) is 63.8 Å². The van der Waals surface area contributed by atoms with Crippen molar-refractivity contribution in [3.8, 4) is 0 Å². The summed E-state index contributed by atoms with van der Waals surface area (Å²) in [5, 5.41) is 0. The van der Waals surface area contributed by atoms with Gasteiger partial charge >= 0.3 is 0 Å². The second-order valence-corrected chi connectivity index (χ2v) is 5.03. The van der Waals surface area contributed by atoms with Crippen LogP contribution in [-0.4, -0.2) is 5.54 Å². The maximum Gasteiger partial charge on any atom is 0.0397 e. The van der Waals surface area contributed by atoms with Crippen LogP contribution in [0.3, 0.4) is 0 Å². The van der Waals surface area contributed by atoms with Crippen LogP contribution in [0.15, 0.2) is 23.9 Å². The summed E-state index contributed by atoms with van der Waals surface area (Å²) in [5.74, 6) is 0. The maximum absolute atomic E-state index is 6.28. The Morgan fingerprint density at radius 2 is 1.88 bits per heavy atom. The molecule has 1 atom stereocenters. The van der Waals surface area contributed by atoms with Crippen molar-refractivity contribution in [3.05, 3.63) is 23.9 Å². The highest BCUT2D eigenvalue weighted by Crippen LogP contribution is 2.24. The van der Waals surface area contributed by atoms with E-state index >= 15 is 0 Å². The van der Waals surface area contributed by atoms with Gasteiger partial charge in [-0.25, -0.2) is 0 Å². The maximum atomic E-state index is 6.28. The number of nitrogens with two attached hydrogens (primary N) is 2. The molecule has 16 heavy (non-hydrogen) atoms. The van der Waals surface area contributed by atoms with Crippen LogP contribution in [0.4, 0.5) is 0 Å². The highest BCUT2D eigenvalue weighted by atomic mass is 14.8. The Bertz CT molecular complexity index is 255. The van der Waals surface area contributed by atoms with Crippen molar-refractivity contribution < 1.29 is 0 Å². The average molecular weight is 222 g/mol. The van der Waals surface area contributed by atoms with Gasteiger partial charge in [0.05, 0.1) is 0 Å². The Morgan fingerprint density at radius 3 is 2.56 bits per heavy atom. The molecule has 92 valence electrons. The van der Waals surface area contributed by atoms with Crippen molar-refractivity contribution in [1.82, 2.24) is 0 Å². The molecule has 1 unspecified atom stereocenters. The normalized spacial score (nSPS) is 24.5. The molecule has 0 spiro atoms. The lowest BCUT2D eigenvalue weighted by molar-refractivity contribution is 0.442. The Hall–Kier alpha value is -0.760. The molecule has 0 bridgehead atoms. The van der Waals surface area contributed by atoms with Crippen LogP contribution in [0, 0.1) is 0 Å². The summed E-state index contributed by atoms with van der Waals surface area (Å²) in [5.41, 5.74) is 12.8. The lowest BCUT2D eigenvalue weighted by Crippen LogP contribution is -2.40. The Morgan fingerprint density at radius 1 is 1.19 bits per heavy atom. The van der Waals surface area contributed by atoms with Crippen LogP contribution < -0.4 is 11.5 Å². The van der Waals surface area contributed by atoms with E-state index in [1.807, 2.05) is 12.2 Å². The van der Waals surface area contributed by atoms with E-state index in [1.54, 1.807) is 0 Å². The fraction of sp³-hybridized carbons (Fsp3) is 0.714. The predicted molar refractivity (Wildman–Crippen MR) is 70.9 cm³/mol. The fourth-order valence-corrected chi connectivity index (χ4v) is 2.27. The third kappa shape index (κ3) is 4.84. The number of unbranched alkanes of at least 4 members (excludes halogenated alkanes) is 5. The summed E-state index contributed by atoms with van der Waals surface area (Å²) in [6.07, 6.45) is 15.8. The van der Waals surface area contributed by atoms with Crippen molar-refractivity contribution in [2.75, 3.05) is 0 Å². The molecule has 1 rings (SSSR count). The van der Waals surface area contributed by atoms with Gasteiger partial charge in [0.2, 0.25) is 0 Å². The predicted octanol–water partition coefficient (Wildman–Crippen LogP) is 3.24. The van der Waals surface area contributed by atoms with Crippen LogP contribution in [0.1, 0.15) is 58.3 Å². The zero-order valence-electron chi connectivity index (χ0n) is 10.5. The van der Waals surface area contributed by atoms with Gasteiger partial charge in [-0.05, 0) is 12.5 Å². The standard InChI is InChI=1S/C14H26N2/c1-2-3-4-5-6-7-10-14(16)11-8-9-13(15)12-14/h8-9,11H,2-7,10,12,15-16H2,1H3. The Balaban J connectivity index is 2.13. The minimum absolute atomic E-state index is 0.177. The number of rotatable bonds is 7. The van der Waals surface area contributed by atoms with Gasteiger partial charge in [0, 0.05) is 17.7 Å². The lowest BCUT2D eigenvalue weighted by atomic mass is 9.85. The fourth-order valence-electron chi connectivity index (χ4n) is 2.27. The molecule has 0 amide bonds. The van der Waals surface area contributed by atoms with Gasteiger partial charge in [-0.3, -0.25) is 0 Å². The summed E-state index contributed by atoms with van der Waals surface area (Å²) in [7, 11) is 0. The Kier molecular flexibility index (Phi) is 5.61. The molecule has 0 aromatic rings. The molecule has 1 aliphatic carbocycles. The number of allylic oxidation sites excluding steroid dienone is 2. The molecule has 0 fully saturated rings. The van der Waals surface area contributed by atoms with Gasteiger partial charge in [0.15, 0.2) is 0 Å². The molecule has 2 nitrogen and oxygen atoms in total. The SMILES string of the molecule is CCCCCCCCC1(N)C=CC=C(N)C1. The summed E-state index contributed by atoms with van der Waals surface area (Å²) in [6, 6.07) is 0. The molecule has 1 aliphatic rings. The quantitative estimate of drug-likeness (QED) is 0.650. The van der Waals surface area contributed by atoms with Crippen LogP contribution in [-0.2, 0) is 0 Å². The zero-order chi connectivity index (χ0) is 11.9. The van der Waals surface area contributed by atoms with Crippen molar-refractivity contribution in [3.63, 3.8) is 0 Å². The minimum Gasteiger partial charge on any atom is -0.402 e. The average Bonchev–Trinajstić information content (AvgIpc) is 2.23. The minimum atomic E-state index is -0.177. The summed E-state index contributed by atoms with van der Waals surface area (Å²) in [4.78, 5) is 0. The first-order chi connectivity index (χ1) is 7.66. The van der Waals surface area contributed by atoms with Gasteiger partial charge in [-0.15, -0.1) is 0 Å². The van der Waals surface area contributed by atoms with Gasteiger partial charge in [-0.2, -0.15) is 0 Å². The summed E-state index contributed by atoms with van der Waals surface area (Å²) < 4.78 is 0. The smallest absolute Gasteiger partial charge is 0.0397 e. The molecular weight excluding hydrogens is 196 g/mol. The Labute approximate surface area is 99.8 Å². The molecule has 0 radical (unpaired) electrons. The molecule has 4 N–H and O–H groups in total. The van der Waals surface area contributed by atoms with E-state index in [9.17, 15) is 0 Å². The van der Waals surface area contributed by atoms with E-state index < -0.39 is 0 Å². The molecule has 0 aromatic carbocycles. The molecule has 0 heterocycles. The number of hydrogen-bond donors (Lipinski definition) is 2. The highest BCUT2D eigenvalue weighted by Gasteiger charge is 2.23. The van der Waals surface area contributed by atoms with E-state index in [2.05, 4.69) is 13.0 Å². The van der Waals surface area contributed by atoms with E-state index in [0.717, 1.165) is 18.5 Å². The second kappa shape index (κ2) is 6.74. The topological polar surface area (TPSA) is 52.0 Å². The van der Waals surface area contributed by atoms with E-state index in [0.29, 0.717) is 0 Å². The number of hydrogen-bond acceptors (Lipinski definition) is 2. The van der Waals surface area contributed by atoms with Crippen LogP contribution in [0.2, 0.25) is 0 Å². The van der Waals surface area contributed by atoms with Crippen molar-refractivity contribution >= 4 is 0 Å². The summed E-state index contributed by atoms with van der Waals surface area (Å²) >= 11 is 0. The first-order valence-corrected chi connectivity index (χ1v) is 6.59. The van der Waals surface area contributed by atoms with Crippen LogP contribution in [0.25, 0.3) is 0 Å². The first-order valence-electron chi connectivity index (χ1n) is 6.59. The third-order valence-corrected chi connectivity index (χ3v) is 3.27. The molecule has 0 saturated heterocycles. The lowest BCUT2D eigenvalue weighted by Gasteiger charge is -2.28. The van der Waals surface area contributed by atoms with Crippen LogP contribution in [0.5, 0.6) is 0 Å². The highest BCUT2D eigenvalue weighted by molar-refractivity contribution is 5.24. The van der Waals surface area contributed by atoms with Gasteiger partial charge < -0.3 is 11.5 Å². The zero-order valence-corrected chi connectivity index (χ0v) is 10.5. The molecule has 0 aliphatic heterocycles. The first kappa shape index (κ1) is 13.3. The van der Waals surface area contributed by atoms with Gasteiger partial charge in [-0.1, -0.05) is 57.6 Å². The molecule has 0 aromatic heterocycles. The molecular formula is C14H26N2. The van der Waals surface area contributed by atoms with E-state index in [-0.39, 0.29) is 5.54 Å². The largest absolute Gasteiger partial charge is 0.402 e. The van der Waals surface area contributed by atoms with Gasteiger partial charge in [0.1, 0.15) is 0 Å². The van der Waals surface area contributed by atoms with Crippen molar-refractivity contribution in [1.29, 1.82) is 0 Å². The molecule has 0 saturated carbocycles. The second-order valence-electron chi connectivity index (χ2n) is 5.03.